The summed E-state index contributed by atoms with van der Waals surface area (Å²) in [5.41, 5.74) is 6.17. The lowest BCUT2D eigenvalue weighted by atomic mass is 9.92. The lowest BCUT2D eigenvalue weighted by Crippen LogP contribution is -2.34. The lowest BCUT2D eigenvalue weighted by molar-refractivity contribution is 0.394. The molecule has 0 amide bonds. The highest BCUT2D eigenvalue weighted by Crippen LogP contribution is 2.16. The van der Waals surface area contributed by atoms with Crippen LogP contribution in [-0.4, -0.2) is 5.54 Å². The Morgan fingerprint density at radius 1 is 0.857 bits per heavy atom. The van der Waals surface area contributed by atoms with Crippen LogP contribution in [0.5, 0.6) is 0 Å². The molecule has 0 aromatic carbocycles. The third-order valence-electron chi connectivity index (χ3n) is 3.16. The average molecular weight is 199 g/mol. The molecule has 0 bridgehead atoms. The third-order valence-corrected chi connectivity index (χ3v) is 3.16. The maximum Gasteiger partial charge on any atom is 0.0123 e. The van der Waals surface area contributed by atoms with Crippen LogP contribution in [0.2, 0.25) is 0 Å². The second-order valence-electron chi connectivity index (χ2n) is 4.88. The van der Waals surface area contributed by atoms with Crippen LogP contribution >= 0.6 is 0 Å². The largest absolute Gasteiger partial charge is 0.325 e. The molecule has 0 unspecified atom stereocenters. The van der Waals surface area contributed by atoms with Gasteiger partial charge in [-0.2, -0.15) is 0 Å². The molecule has 0 aliphatic carbocycles. The van der Waals surface area contributed by atoms with Gasteiger partial charge in [-0.1, -0.05) is 58.8 Å². The van der Waals surface area contributed by atoms with Crippen molar-refractivity contribution in [2.24, 2.45) is 5.73 Å². The Morgan fingerprint density at radius 3 is 1.86 bits per heavy atom. The molecule has 0 aliphatic heterocycles. The minimum absolute atomic E-state index is 0.0867. The monoisotopic (exact) mass is 199 g/mol. The van der Waals surface area contributed by atoms with Crippen molar-refractivity contribution in [3.63, 3.8) is 0 Å². The van der Waals surface area contributed by atoms with Crippen molar-refractivity contribution in [1.29, 1.82) is 0 Å². The molecular weight excluding hydrogens is 170 g/mol. The molecule has 14 heavy (non-hydrogen) atoms. The molecule has 1 heteroatoms. The van der Waals surface area contributed by atoms with Crippen LogP contribution in [0, 0.1) is 0 Å². The van der Waals surface area contributed by atoms with Gasteiger partial charge in [-0.25, -0.2) is 0 Å². The van der Waals surface area contributed by atoms with Gasteiger partial charge in [0.15, 0.2) is 0 Å². The van der Waals surface area contributed by atoms with Gasteiger partial charge in [-0.3, -0.25) is 0 Å². The zero-order valence-corrected chi connectivity index (χ0v) is 10.4. The molecule has 1 atom stereocenters. The third kappa shape index (κ3) is 8.55. The summed E-state index contributed by atoms with van der Waals surface area (Å²) < 4.78 is 0. The Bertz CT molecular complexity index is 118. The highest BCUT2D eigenvalue weighted by Gasteiger charge is 2.13. The van der Waals surface area contributed by atoms with Crippen molar-refractivity contribution in [1.82, 2.24) is 0 Å². The van der Waals surface area contributed by atoms with Gasteiger partial charge in [0, 0.05) is 5.54 Å². The molecule has 0 radical (unpaired) electrons. The van der Waals surface area contributed by atoms with E-state index in [1.165, 1.54) is 51.4 Å². The molecule has 0 aliphatic rings. The van der Waals surface area contributed by atoms with Crippen LogP contribution in [0.15, 0.2) is 0 Å². The molecule has 0 spiro atoms. The highest BCUT2D eigenvalue weighted by atomic mass is 14.7. The van der Waals surface area contributed by atoms with Gasteiger partial charge < -0.3 is 5.73 Å². The number of rotatable bonds is 9. The maximum atomic E-state index is 6.08. The van der Waals surface area contributed by atoms with Gasteiger partial charge in [-0.15, -0.1) is 0 Å². The van der Waals surface area contributed by atoms with Crippen molar-refractivity contribution < 1.29 is 0 Å². The van der Waals surface area contributed by atoms with Crippen LogP contribution in [0.25, 0.3) is 0 Å². The molecule has 1 nitrogen and oxygen atoms in total. The van der Waals surface area contributed by atoms with E-state index in [2.05, 4.69) is 20.8 Å². The van der Waals surface area contributed by atoms with E-state index in [1.807, 2.05) is 0 Å². The molecular formula is C13H29N. The van der Waals surface area contributed by atoms with Gasteiger partial charge in [0.2, 0.25) is 0 Å². The van der Waals surface area contributed by atoms with Crippen LogP contribution in [0.3, 0.4) is 0 Å². The Balaban J connectivity index is 3.13. The molecule has 0 saturated carbocycles. The normalized spacial score (nSPS) is 15.4. The molecule has 0 rings (SSSR count). The number of unbranched alkanes of at least 4 members (excludes halogenated alkanes) is 6. The van der Waals surface area contributed by atoms with E-state index < -0.39 is 0 Å². The summed E-state index contributed by atoms with van der Waals surface area (Å²) in [5.74, 6) is 0. The molecule has 86 valence electrons. The second-order valence-corrected chi connectivity index (χ2v) is 4.88. The van der Waals surface area contributed by atoms with E-state index >= 15 is 0 Å². The average Bonchev–Trinajstić information content (AvgIpc) is 2.16. The minimum Gasteiger partial charge on any atom is -0.325 e. The van der Waals surface area contributed by atoms with E-state index in [0.717, 1.165) is 6.42 Å². The fraction of sp³-hybridized carbons (Fsp3) is 1.00. The summed E-state index contributed by atoms with van der Waals surface area (Å²) in [4.78, 5) is 0. The topological polar surface area (TPSA) is 26.0 Å². The van der Waals surface area contributed by atoms with Crippen molar-refractivity contribution >= 4 is 0 Å². The van der Waals surface area contributed by atoms with E-state index in [-0.39, 0.29) is 5.54 Å². The smallest absolute Gasteiger partial charge is 0.0123 e. The number of hydrogen-bond donors (Lipinski definition) is 1. The number of nitrogens with two attached hydrogens (primary N) is 1. The molecule has 0 aromatic rings. The minimum atomic E-state index is 0.0867. The Hall–Kier alpha value is -0.0400. The SMILES string of the molecule is CCCCCCCCC[C@](C)(N)CC. The van der Waals surface area contributed by atoms with Gasteiger partial charge in [0.25, 0.3) is 0 Å². The first-order chi connectivity index (χ1) is 6.62. The number of hydrogen-bond acceptors (Lipinski definition) is 1. The lowest BCUT2D eigenvalue weighted by Gasteiger charge is -2.22. The molecule has 0 aromatic heterocycles. The van der Waals surface area contributed by atoms with Gasteiger partial charge >= 0.3 is 0 Å². The van der Waals surface area contributed by atoms with E-state index in [9.17, 15) is 0 Å². The summed E-state index contributed by atoms with van der Waals surface area (Å²) in [6.07, 6.45) is 12.0. The fourth-order valence-corrected chi connectivity index (χ4v) is 1.66. The van der Waals surface area contributed by atoms with Crippen molar-refractivity contribution in [3.8, 4) is 0 Å². The summed E-state index contributed by atoms with van der Waals surface area (Å²) >= 11 is 0. The van der Waals surface area contributed by atoms with E-state index in [4.69, 9.17) is 5.73 Å². The van der Waals surface area contributed by atoms with Crippen LogP contribution in [0.1, 0.15) is 78.6 Å². The zero-order valence-electron chi connectivity index (χ0n) is 10.4. The van der Waals surface area contributed by atoms with Gasteiger partial charge in [0.05, 0.1) is 0 Å². The molecule has 2 N–H and O–H groups in total. The zero-order chi connectivity index (χ0) is 10.9. The maximum absolute atomic E-state index is 6.08. The first-order valence-electron chi connectivity index (χ1n) is 6.41. The first kappa shape index (κ1) is 14.0. The van der Waals surface area contributed by atoms with Crippen LogP contribution in [-0.2, 0) is 0 Å². The standard InChI is InChI=1S/C13H29N/c1-4-6-7-8-9-10-11-12-13(3,14)5-2/h4-12,14H2,1-3H3/t13-/m1/s1. The summed E-state index contributed by atoms with van der Waals surface area (Å²) in [5, 5.41) is 0. The van der Waals surface area contributed by atoms with E-state index in [0.29, 0.717) is 0 Å². The van der Waals surface area contributed by atoms with Crippen molar-refractivity contribution in [2.45, 2.75) is 84.1 Å². The summed E-state index contributed by atoms with van der Waals surface area (Å²) in [6, 6.07) is 0. The van der Waals surface area contributed by atoms with Crippen LogP contribution < -0.4 is 5.73 Å². The molecule has 0 heterocycles. The van der Waals surface area contributed by atoms with Gasteiger partial charge in [0.1, 0.15) is 0 Å². The van der Waals surface area contributed by atoms with Gasteiger partial charge in [-0.05, 0) is 19.8 Å². The van der Waals surface area contributed by atoms with E-state index in [1.54, 1.807) is 0 Å². The molecule has 0 fully saturated rings. The predicted molar refractivity (Wildman–Crippen MR) is 65.5 cm³/mol. The quantitative estimate of drug-likeness (QED) is 0.552. The van der Waals surface area contributed by atoms with Crippen LogP contribution in [0.4, 0.5) is 0 Å². The Morgan fingerprint density at radius 2 is 1.36 bits per heavy atom. The van der Waals surface area contributed by atoms with Crippen molar-refractivity contribution in [2.75, 3.05) is 0 Å². The molecule has 0 saturated heterocycles. The predicted octanol–water partition coefficient (Wildman–Crippen LogP) is 4.25. The first-order valence-corrected chi connectivity index (χ1v) is 6.41. The second kappa shape index (κ2) is 8.28. The summed E-state index contributed by atoms with van der Waals surface area (Å²) in [6.45, 7) is 6.62. The Kier molecular flexibility index (Phi) is 8.26. The fourth-order valence-electron chi connectivity index (χ4n) is 1.66. The summed E-state index contributed by atoms with van der Waals surface area (Å²) in [7, 11) is 0. The highest BCUT2D eigenvalue weighted by molar-refractivity contribution is 4.75. The Labute approximate surface area is 90.5 Å². The van der Waals surface area contributed by atoms with Crippen molar-refractivity contribution in [3.05, 3.63) is 0 Å².